The largest absolute Gasteiger partial charge is 0.493 e. The Bertz CT molecular complexity index is 859. The number of carbonyl (C=O) groups is 2. The number of nitrogens with zero attached hydrogens (tertiary/aromatic N) is 2. The molecule has 2 aromatic rings. The van der Waals surface area contributed by atoms with E-state index in [1.54, 1.807) is 17.0 Å². The minimum absolute atomic E-state index is 0.0864. The third-order valence-electron chi connectivity index (χ3n) is 5.25. The summed E-state index contributed by atoms with van der Waals surface area (Å²) in [6, 6.07) is 13.0. The van der Waals surface area contributed by atoms with Gasteiger partial charge in [-0.15, -0.1) is 0 Å². The van der Waals surface area contributed by atoms with Gasteiger partial charge in [-0.1, -0.05) is 30.3 Å². The lowest BCUT2D eigenvalue weighted by Crippen LogP contribution is -2.38. The zero-order valence-electron chi connectivity index (χ0n) is 17.7. The van der Waals surface area contributed by atoms with Gasteiger partial charge in [-0.2, -0.15) is 0 Å². The SMILES string of the molecule is COc1cc(C(=O)N2CCCN(C(=O)Cc3ccccc3)CC2)cc(OC)c1OC. The van der Waals surface area contributed by atoms with Gasteiger partial charge in [0.25, 0.3) is 5.91 Å². The minimum Gasteiger partial charge on any atom is -0.493 e. The molecule has 1 heterocycles. The maximum Gasteiger partial charge on any atom is 0.254 e. The first-order valence-electron chi connectivity index (χ1n) is 9.98. The number of rotatable bonds is 6. The maximum absolute atomic E-state index is 13.1. The Hall–Kier alpha value is -3.22. The average Bonchev–Trinajstić information content (AvgIpc) is 3.04. The van der Waals surface area contributed by atoms with Gasteiger partial charge in [-0.25, -0.2) is 0 Å². The molecule has 7 nitrogen and oxygen atoms in total. The summed E-state index contributed by atoms with van der Waals surface area (Å²) >= 11 is 0. The van der Waals surface area contributed by atoms with Crippen molar-refractivity contribution in [3.63, 3.8) is 0 Å². The third kappa shape index (κ3) is 4.84. The summed E-state index contributed by atoms with van der Waals surface area (Å²) in [6.07, 6.45) is 1.11. The molecule has 3 rings (SSSR count). The Morgan fingerprint density at radius 1 is 0.833 bits per heavy atom. The summed E-state index contributed by atoms with van der Waals surface area (Å²) in [4.78, 5) is 29.4. The first-order valence-corrected chi connectivity index (χ1v) is 9.98. The highest BCUT2D eigenvalue weighted by Crippen LogP contribution is 2.38. The fourth-order valence-electron chi connectivity index (χ4n) is 3.64. The number of hydrogen-bond donors (Lipinski definition) is 0. The fraction of sp³-hybridized carbons (Fsp3) is 0.391. The van der Waals surface area contributed by atoms with E-state index in [-0.39, 0.29) is 11.8 Å². The Morgan fingerprint density at radius 2 is 1.43 bits per heavy atom. The van der Waals surface area contributed by atoms with Gasteiger partial charge in [0.05, 0.1) is 27.8 Å². The van der Waals surface area contributed by atoms with E-state index in [0.29, 0.717) is 55.4 Å². The fourth-order valence-corrected chi connectivity index (χ4v) is 3.64. The molecule has 0 saturated carbocycles. The Kier molecular flexibility index (Phi) is 7.17. The number of amides is 2. The second kappa shape index (κ2) is 10.0. The molecule has 2 amide bonds. The van der Waals surface area contributed by atoms with E-state index in [1.165, 1.54) is 21.3 Å². The molecule has 0 N–H and O–H groups in total. The summed E-state index contributed by atoms with van der Waals surface area (Å²) in [6.45, 7) is 2.23. The van der Waals surface area contributed by atoms with Crippen LogP contribution in [0.5, 0.6) is 17.2 Å². The van der Waals surface area contributed by atoms with Crippen LogP contribution in [0.4, 0.5) is 0 Å². The van der Waals surface area contributed by atoms with Gasteiger partial charge in [0.15, 0.2) is 11.5 Å². The van der Waals surface area contributed by atoms with Crippen LogP contribution in [0.25, 0.3) is 0 Å². The zero-order chi connectivity index (χ0) is 21.5. The van der Waals surface area contributed by atoms with Crippen LogP contribution in [0.3, 0.4) is 0 Å². The van der Waals surface area contributed by atoms with Crippen molar-refractivity contribution in [2.45, 2.75) is 12.8 Å². The molecule has 0 bridgehead atoms. The van der Waals surface area contributed by atoms with Crippen molar-refractivity contribution in [1.82, 2.24) is 9.80 Å². The van der Waals surface area contributed by atoms with Crippen LogP contribution in [0.1, 0.15) is 22.3 Å². The van der Waals surface area contributed by atoms with Crippen molar-refractivity contribution in [2.24, 2.45) is 0 Å². The second-order valence-corrected chi connectivity index (χ2v) is 7.10. The zero-order valence-corrected chi connectivity index (χ0v) is 17.7. The van der Waals surface area contributed by atoms with Crippen molar-refractivity contribution in [1.29, 1.82) is 0 Å². The first kappa shape index (κ1) is 21.5. The summed E-state index contributed by atoms with van der Waals surface area (Å²) in [5, 5.41) is 0. The molecule has 1 aliphatic rings. The van der Waals surface area contributed by atoms with E-state index in [4.69, 9.17) is 14.2 Å². The quantitative estimate of drug-likeness (QED) is 0.730. The lowest BCUT2D eigenvalue weighted by Gasteiger charge is -2.23. The molecule has 0 atom stereocenters. The van der Waals surface area contributed by atoms with Gasteiger partial charge >= 0.3 is 0 Å². The first-order chi connectivity index (χ1) is 14.6. The normalized spacial score (nSPS) is 14.1. The average molecular weight is 412 g/mol. The molecule has 30 heavy (non-hydrogen) atoms. The molecule has 1 fully saturated rings. The van der Waals surface area contributed by atoms with Crippen molar-refractivity contribution < 1.29 is 23.8 Å². The second-order valence-electron chi connectivity index (χ2n) is 7.10. The van der Waals surface area contributed by atoms with Crippen LogP contribution in [0.15, 0.2) is 42.5 Å². The van der Waals surface area contributed by atoms with E-state index in [9.17, 15) is 9.59 Å². The predicted molar refractivity (Wildman–Crippen MR) is 113 cm³/mol. The summed E-state index contributed by atoms with van der Waals surface area (Å²) in [5.74, 6) is 1.30. The van der Waals surface area contributed by atoms with Crippen LogP contribution < -0.4 is 14.2 Å². The third-order valence-corrected chi connectivity index (χ3v) is 5.25. The van der Waals surface area contributed by atoms with Gasteiger partial charge in [0.2, 0.25) is 11.7 Å². The van der Waals surface area contributed by atoms with Gasteiger partial charge < -0.3 is 24.0 Å². The van der Waals surface area contributed by atoms with E-state index < -0.39 is 0 Å². The highest BCUT2D eigenvalue weighted by Gasteiger charge is 2.25. The molecule has 0 unspecified atom stereocenters. The molecule has 0 aromatic heterocycles. The monoisotopic (exact) mass is 412 g/mol. The van der Waals surface area contributed by atoms with Crippen LogP contribution in [0, 0.1) is 0 Å². The van der Waals surface area contributed by atoms with E-state index in [2.05, 4.69) is 0 Å². The highest BCUT2D eigenvalue weighted by molar-refractivity contribution is 5.95. The number of methoxy groups -OCH3 is 3. The van der Waals surface area contributed by atoms with E-state index in [0.717, 1.165) is 12.0 Å². The molecule has 2 aromatic carbocycles. The summed E-state index contributed by atoms with van der Waals surface area (Å²) in [5.41, 5.74) is 1.46. The van der Waals surface area contributed by atoms with Gasteiger partial charge in [-0.05, 0) is 24.1 Å². The maximum atomic E-state index is 13.1. The molecule has 0 spiro atoms. The summed E-state index contributed by atoms with van der Waals surface area (Å²) in [7, 11) is 4.57. The highest BCUT2D eigenvalue weighted by atomic mass is 16.5. The number of hydrogen-bond acceptors (Lipinski definition) is 5. The predicted octanol–water partition coefficient (Wildman–Crippen LogP) is 2.63. The van der Waals surface area contributed by atoms with Gasteiger partial charge in [-0.3, -0.25) is 9.59 Å². The van der Waals surface area contributed by atoms with Crippen molar-refractivity contribution in [3.05, 3.63) is 53.6 Å². The molecular weight excluding hydrogens is 384 g/mol. The molecule has 160 valence electrons. The molecule has 0 radical (unpaired) electrons. The molecular formula is C23H28N2O5. The standard InChI is InChI=1S/C23H28N2O5/c1-28-19-15-18(16-20(29-2)22(19)30-3)23(27)25-11-7-10-24(12-13-25)21(26)14-17-8-5-4-6-9-17/h4-6,8-9,15-16H,7,10-14H2,1-3H3. The molecule has 1 aliphatic heterocycles. The van der Waals surface area contributed by atoms with Crippen LogP contribution in [0.2, 0.25) is 0 Å². The Balaban J connectivity index is 1.69. The van der Waals surface area contributed by atoms with Crippen molar-refractivity contribution >= 4 is 11.8 Å². The minimum atomic E-state index is -0.119. The van der Waals surface area contributed by atoms with Crippen LogP contribution >= 0.6 is 0 Å². The van der Waals surface area contributed by atoms with Gasteiger partial charge in [0.1, 0.15) is 0 Å². The van der Waals surface area contributed by atoms with Crippen LogP contribution in [-0.2, 0) is 11.2 Å². The van der Waals surface area contributed by atoms with Crippen LogP contribution in [-0.4, -0.2) is 69.1 Å². The Morgan fingerprint density at radius 3 is 2.03 bits per heavy atom. The molecule has 1 saturated heterocycles. The van der Waals surface area contributed by atoms with Gasteiger partial charge in [0, 0.05) is 31.7 Å². The molecule has 0 aliphatic carbocycles. The van der Waals surface area contributed by atoms with E-state index in [1.807, 2.05) is 35.2 Å². The number of ether oxygens (including phenoxy) is 3. The number of benzene rings is 2. The lowest BCUT2D eigenvalue weighted by molar-refractivity contribution is -0.130. The van der Waals surface area contributed by atoms with Crippen molar-refractivity contribution in [2.75, 3.05) is 47.5 Å². The topological polar surface area (TPSA) is 68.3 Å². The molecule has 7 heteroatoms. The van der Waals surface area contributed by atoms with Crippen molar-refractivity contribution in [3.8, 4) is 17.2 Å². The summed E-state index contributed by atoms with van der Waals surface area (Å²) < 4.78 is 16.0. The number of carbonyl (C=O) groups excluding carboxylic acids is 2. The van der Waals surface area contributed by atoms with E-state index >= 15 is 0 Å². The Labute approximate surface area is 177 Å². The smallest absolute Gasteiger partial charge is 0.254 e. The lowest BCUT2D eigenvalue weighted by atomic mass is 10.1.